The van der Waals surface area contributed by atoms with Gasteiger partial charge in [-0.05, 0) is 55.3 Å². The highest BCUT2D eigenvalue weighted by Crippen LogP contribution is 2.36. The zero-order valence-corrected chi connectivity index (χ0v) is 19.6. The fourth-order valence-electron chi connectivity index (χ4n) is 2.81. The van der Waals surface area contributed by atoms with Crippen molar-refractivity contribution in [2.24, 2.45) is 0 Å². The Kier molecular flexibility index (Phi) is 8.01. The molecule has 0 bridgehead atoms. The van der Waals surface area contributed by atoms with E-state index in [-0.39, 0.29) is 6.61 Å². The third-order valence-corrected chi connectivity index (χ3v) is 5.97. The van der Waals surface area contributed by atoms with Crippen LogP contribution in [0.3, 0.4) is 0 Å². The summed E-state index contributed by atoms with van der Waals surface area (Å²) in [7, 11) is 0. The standard InChI is InChI=1S/C23H21Cl4NO2/c1-3-29-22-9-15(12-28-16-8-7-14(2)20(26)10-16)21(27)11-23(22)30-13-17-18(24)5-4-6-19(17)25/h4-11,28H,3,12-13H2,1-2H3. The molecule has 3 rings (SSSR count). The Balaban J connectivity index is 1.78. The molecule has 0 aliphatic heterocycles. The molecule has 1 N–H and O–H groups in total. The summed E-state index contributed by atoms with van der Waals surface area (Å²) in [5.41, 5.74) is 3.52. The summed E-state index contributed by atoms with van der Waals surface area (Å²) >= 11 is 25.2. The van der Waals surface area contributed by atoms with Crippen LogP contribution < -0.4 is 14.8 Å². The van der Waals surface area contributed by atoms with Gasteiger partial charge in [0.2, 0.25) is 0 Å². The minimum absolute atomic E-state index is 0.203. The smallest absolute Gasteiger partial charge is 0.163 e. The van der Waals surface area contributed by atoms with Crippen LogP contribution in [0.5, 0.6) is 11.5 Å². The monoisotopic (exact) mass is 483 g/mol. The Morgan fingerprint density at radius 3 is 2.17 bits per heavy atom. The van der Waals surface area contributed by atoms with Crippen molar-refractivity contribution < 1.29 is 9.47 Å². The lowest BCUT2D eigenvalue weighted by Crippen LogP contribution is -2.04. The number of anilines is 1. The second-order valence-electron chi connectivity index (χ2n) is 6.63. The Bertz CT molecular complexity index is 1020. The molecule has 0 saturated heterocycles. The fraction of sp³-hybridized carbons (Fsp3) is 0.217. The molecule has 3 aromatic carbocycles. The number of nitrogens with one attached hydrogen (secondary N) is 1. The van der Waals surface area contributed by atoms with Gasteiger partial charge in [-0.1, -0.05) is 58.5 Å². The van der Waals surface area contributed by atoms with E-state index < -0.39 is 0 Å². The van der Waals surface area contributed by atoms with E-state index in [4.69, 9.17) is 55.9 Å². The molecular formula is C23H21Cl4NO2. The van der Waals surface area contributed by atoms with E-state index in [1.165, 1.54) is 0 Å². The van der Waals surface area contributed by atoms with Crippen LogP contribution in [0.1, 0.15) is 23.6 Å². The first-order valence-corrected chi connectivity index (χ1v) is 10.9. The van der Waals surface area contributed by atoms with Crippen LogP contribution in [0.25, 0.3) is 0 Å². The maximum atomic E-state index is 6.51. The largest absolute Gasteiger partial charge is 0.490 e. The zero-order valence-electron chi connectivity index (χ0n) is 16.6. The van der Waals surface area contributed by atoms with Gasteiger partial charge in [0.1, 0.15) is 6.61 Å². The van der Waals surface area contributed by atoms with E-state index in [9.17, 15) is 0 Å². The predicted molar refractivity (Wildman–Crippen MR) is 127 cm³/mol. The van der Waals surface area contributed by atoms with E-state index in [1.807, 2.05) is 38.1 Å². The normalized spacial score (nSPS) is 10.7. The number of ether oxygens (including phenoxy) is 2. The number of aryl methyl sites for hydroxylation is 1. The van der Waals surface area contributed by atoms with E-state index in [0.29, 0.717) is 50.3 Å². The molecule has 0 aliphatic rings. The molecule has 0 aliphatic carbocycles. The highest BCUT2D eigenvalue weighted by molar-refractivity contribution is 6.36. The van der Waals surface area contributed by atoms with Crippen LogP contribution in [-0.4, -0.2) is 6.61 Å². The SMILES string of the molecule is CCOc1cc(CNc2ccc(C)c(Cl)c2)c(Cl)cc1OCc1c(Cl)cccc1Cl. The first-order chi connectivity index (χ1) is 14.4. The average molecular weight is 485 g/mol. The lowest BCUT2D eigenvalue weighted by Gasteiger charge is -2.16. The molecule has 7 heteroatoms. The van der Waals surface area contributed by atoms with Gasteiger partial charge in [-0.15, -0.1) is 0 Å². The van der Waals surface area contributed by atoms with Crippen LogP contribution in [0, 0.1) is 6.92 Å². The second kappa shape index (κ2) is 10.5. The van der Waals surface area contributed by atoms with Crippen LogP contribution in [0.2, 0.25) is 20.1 Å². The number of hydrogen-bond acceptors (Lipinski definition) is 3. The molecule has 30 heavy (non-hydrogen) atoms. The molecule has 0 aromatic heterocycles. The van der Waals surface area contributed by atoms with Crippen molar-refractivity contribution in [3.05, 3.63) is 85.3 Å². The molecular weight excluding hydrogens is 464 g/mol. The van der Waals surface area contributed by atoms with Crippen molar-refractivity contribution >= 4 is 52.1 Å². The quantitative estimate of drug-likeness (QED) is 0.349. The lowest BCUT2D eigenvalue weighted by atomic mass is 10.1. The van der Waals surface area contributed by atoms with Crippen molar-refractivity contribution in [3.63, 3.8) is 0 Å². The predicted octanol–water partition coefficient (Wildman–Crippen LogP) is 8.20. The van der Waals surface area contributed by atoms with Gasteiger partial charge < -0.3 is 14.8 Å². The highest BCUT2D eigenvalue weighted by Gasteiger charge is 2.14. The van der Waals surface area contributed by atoms with Crippen LogP contribution in [-0.2, 0) is 13.2 Å². The number of hydrogen-bond donors (Lipinski definition) is 1. The molecule has 0 radical (unpaired) electrons. The summed E-state index contributed by atoms with van der Waals surface area (Å²) in [6, 6.07) is 14.8. The summed E-state index contributed by atoms with van der Waals surface area (Å²) in [6.07, 6.45) is 0. The molecule has 0 spiro atoms. The Morgan fingerprint density at radius 1 is 0.800 bits per heavy atom. The number of benzene rings is 3. The summed E-state index contributed by atoms with van der Waals surface area (Å²) in [4.78, 5) is 0. The first kappa shape index (κ1) is 22.9. The molecule has 3 nitrogen and oxygen atoms in total. The van der Waals surface area contributed by atoms with Crippen molar-refractivity contribution in [1.82, 2.24) is 0 Å². The van der Waals surface area contributed by atoms with Gasteiger partial charge >= 0.3 is 0 Å². The minimum atomic E-state index is 0.203. The van der Waals surface area contributed by atoms with E-state index >= 15 is 0 Å². The first-order valence-electron chi connectivity index (χ1n) is 9.40. The molecule has 0 heterocycles. The fourth-order valence-corrected chi connectivity index (χ4v) is 3.72. The molecule has 158 valence electrons. The van der Waals surface area contributed by atoms with Gasteiger partial charge in [-0.3, -0.25) is 0 Å². The summed E-state index contributed by atoms with van der Waals surface area (Å²) in [6.45, 7) is 5.08. The van der Waals surface area contributed by atoms with Crippen LogP contribution >= 0.6 is 46.4 Å². The van der Waals surface area contributed by atoms with Crippen LogP contribution in [0.4, 0.5) is 5.69 Å². The molecule has 0 amide bonds. The lowest BCUT2D eigenvalue weighted by molar-refractivity contribution is 0.269. The summed E-state index contributed by atoms with van der Waals surface area (Å²) in [5.74, 6) is 1.13. The maximum absolute atomic E-state index is 6.51. The van der Waals surface area contributed by atoms with E-state index in [2.05, 4.69) is 5.32 Å². The van der Waals surface area contributed by atoms with Crippen LogP contribution in [0.15, 0.2) is 48.5 Å². The number of rotatable bonds is 8. The van der Waals surface area contributed by atoms with Gasteiger partial charge in [0, 0.05) is 44.0 Å². The van der Waals surface area contributed by atoms with Crippen molar-refractivity contribution in [2.45, 2.75) is 27.0 Å². The topological polar surface area (TPSA) is 30.5 Å². The third-order valence-electron chi connectivity index (χ3n) is 4.50. The Labute approximate surface area is 196 Å². The van der Waals surface area contributed by atoms with Gasteiger partial charge in [0.05, 0.1) is 6.61 Å². The zero-order chi connectivity index (χ0) is 21.7. The second-order valence-corrected chi connectivity index (χ2v) is 8.26. The van der Waals surface area contributed by atoms with Gasteiger partial charge in [0.25, 0.3) is 0 Å². The van der Waals surface area contributed by atoms with Gasteiger partial charge in [-0.2, -0.15) is 0 Å². The van der Waals surface area contributed by atoms with E-state index in [1.54, 1.807) is 24.3 Å². The Morgan fingerprint density at radius 2 is 1.50 bits per heavy atom. The molecule has 0 saturated carbocycles. The van der Waals surface area contributed by atoms with E-state index in [0.717, 1.165) is 16.8 Å². The highest BCUT2D eigenvalue weighted by atomic mass is 35.5. The van der Waals surface area contributed by atoms with Gasteiger partial charge in [0.15, 0.2) is 11.5 Å². The number of halogens is 4. The molecule has 0 atom stereocenters. The molecule has 3 aromatic rings. The van der Waals surface area contributed by atoms with Crippen molar-refractivity contribution in [1.29, 1.82) is 0 Å². The Hall–Kier alpha value is -1.78. The summed E-state index contributed by atoms with van der Waals surface area (Å²) < 4.78 is 11.7. The minimum Gasteiger partial charge on any atom is -0.490 e. The average Bonchev–Trinajstić information content (AvgIpc) is 2.71. The molecule has 0 unspecified atom stereocenters. The molecule has 0 fully saturated rings. The van der Waals surface area contributed by atoms with Gasteiger partial charge in [-0.25, -0.2) is 0 Å². The third kappa shape index (κ3) is 5.67. The van der Waals surface area contributed by atoms with Crippen molar-refractivity contribution in [3.8, 4) is 11.5 Å². The maximum Gasteiger partial charge on any atom is 0.163 e. The summed E-state index contributed by atoms with van der Waals surface area (Å²) in [5, 5.41) is 5.69. The van der Waals surface area contributed by atoms with Crippen molar-refractivity contribution in [2.75, 3.05) is 11.9 Å².